The van der Waals surface area contributed by atoms with Crippen LogP contribution < -0.4 is 25.8 Å². The monoisotopic (exact) mass is 425 g/mol. The number of anilines is 2. The van der Waals surface area contributed by atoms with Crippen LogP contribution in [-0.4, -0.2) is 42.6 Å². The van der Waals surface area contributed by atoms with Crippen LogP contribution in [0.4, 0.5) is 11.4 Å². The number of amides is 2. The molecule has 0 radical (unpaired) electrons. The third-order valence-corrected chi connectivity index (χ3v) is 5.89. The highest BCUT2D eigenvalue weighted by Gasteiger charge is 2.42. The van der Waals surface area contributed by atoms with Gasteiger partial charge >= 0.3 is 0 Å². The number of para-hydroxylation sites is 2. The molecule has 2 heterocycles. The minimum atomic E-state index is -0.334. The average Bonchev–Trinajstić information content (AvgIpc) is 3.23. The second-order valence-corrected chi connectivity index (χ2v) is 7.98. The van der Waals surface area contributed by atoms with Crippen molar-refractivity contribution in [3.8, 4) is 5.75 Å². The minimum Gasteiger partial charge on any atom is -0.495 e. The fourth-order valence-corrected chi connectivity index (χ4v) is 4.21. The summed E-state index contributed by atoms with van der Waals surface area (Å²) < 4.78 is 5.27. The van der Waals surface area contributed by atoms with Gasteiger partial charge in [-0.2, -0.15) is 0 Å². The molecule has 0 saturated carbocycles. The van der Waals surface area contributed by atoms with Gasteiger partial charge in [-0.15, -0.1) is 0 Å². The van der Waals surface area contributed by atoms with Crippen LogP contribution >= 0.6 is 11.8 Å². The molecule has 0 aromatic heterocycles. The lowest BCUT2D eigenvalue weighted by molar-refractivity contribution is -0.121. The summed E-state index contributed by atoms with van der Waals surface area (Å²) in [4.78, 5) is 32.0. The summed E-state index contributed by atoms with van der Waals surface area (Å²) in [6.07, 6.45) is -0.334. The van der Waals surface area contributed by atoms with E-state index >= 15 is 0 Å². The summed E-state index contributed by atoms with van der Waals surface area (Å²) in [7, 11) is 1.56. The van der Waals surface area contributed by atoms with Crippen molar-refractivity contribution in [2.45, 2.75) is 13.1 Å². The van der Waals surface area contributed by atoms with E-state index in [1.54, 1.807) is 24.1 Å². The first kappa shape index (κ1) is 20.4. The standard InChI is InChI=1S/C21H23N5O3S/c1-13-7-9-14(10-8-13)26-20(28)15-11-22-25-19(15)24-21(26)30-12-18(27)23-16-5-3-4-6-17(16)29-2/h3-10,15,19,22,25H,11-12H2,1-2H3,(H,23,27). The number of nitrogens with one attached hydrogen (secondary N) is 3. The Bertz CT molecular complexity index is 979. The number of carbonyl (C=O) groups is 2. The normalized spacial score (nSPS) is 20.5. The highest BCUT2D eigenvalue weighted by Crippen LogP contribution is 2.30. The molecule has 156 valence electrons. The maximum atomic E-state index is 13.2. The molecule has 1 saturated heterocycles. The SMILES string of the molecule is COc1ccccc1NC(=O)CSC1=NC2NNCC2C(=O)N1c1ccc(C)cc1. The van der Waals surface area contributed by atoms with Crippen LogP contribution in [0.1, 0.15) is 5.56 Å². The molecule has 0 spiro atoms. The van der Waals surface area contributed by atoms with Gasteiger partial charge < -0.3 is 10.1 Å². The maximum absolute atomic E-state index is 13.2. The lowest BCUT2D eigenvalue weighted by Crippen LogP contribution is -2.49. The first-order chi connectivity index (χ1) is 14.6. The van der Waals surface area contributed by atoms with Crippen molar-refractivity contribution >= 4 is 40.1 Å². The van der Waals surface area contributed by atoms with E-state index < -0.39 is 0 Å². The number of hydrogen-bond acceptors (Lipinski definition) is 7. The molecule has 0 aliphatic carbocycles. The number of benzene rings is 2. The van der Waals surface area contributed by atoms with Crippen LogP contribution in [0.5, 0.6) is 5.75 Å². The number of hydrogen-bond donors (Lipinski definition) is 3. The van der Waals surface area contributed by atoms with Crippen molar-refractivity contribution in [2.75, 3.05) is 29.6 Å². The number of hydrazine groups is 1. The van der Waals surface area contributed by atoms with Crippen molar-refractivity contribution in [3.63, 3.8) is 0 Å². The first-order valence-corrected chi connectivity index (χ1v) is 10.6. The largest absolute Gasteiger partial charge is 0.495 e. The van der Waals surface area contributed by atoms with Crippen molar-refractivity contribution in [3.05, 3.63) is 54.1 Å². The Morgan fingerprint density at radius 2 is 2.03 bits per heavy atom. The second kappa shape index (κ2) is 8.86. The summed E-state index contributed by atoms with van der Waals surface area (Å²) in [5.41, 5.74) is 8.48. The average molecular weight is 426 g/mol. The molecule has 9 heteroatoms. The van der Waals surface area contributed by atoms with E-state index in [9.17, 15) is 9.59 Å². The van der Waals surface area contributed by atoms with Gasteiger partial charge in [0.2, 0.25) is 11.8 Å². The molecule has 2 aromatic rings. The van der Waals surface area contributed by atoms with Gasteiger partial charge in [0, 0.05) is 6.54 Å². The molecule has 8 nitrogen and oxygen atoms in total. The zero-order chi connectivity index (χ0) is 21.1. The summed E-state index contributed by atoms with van der Waals surface area (Å²) in [6.45, 7) is 2.51. The molecule has 0 bridgehead atoms. The molecule has 2 atom stereocenters. The van der Waals surface area contributed by atoms with E-state index in [4.69, 9.17) is 9.73 Å². The van der Waals surface area contributed by atoms with Crippen LogP contribution in [0.25, 0.3) is 0 Å². The van der Waals surface area contributed by atoms with E-state index in [-0.39, 0.29) is 29.7 Å². The molecule has 2 aliphatic rings. The van der Waals surface area contributed by atoms with E-state index in [0.29, 0.717) is 23.1 Å². The molecule has 1 fully saturated rings. The van der Waals surface area contributed by atoms with Gasteiger partial charge in [0.05, 0.1) is 30.2 Å². The molecule has 2 unspecified atom stereocenters. The van der Waals surface area contributed by atoms with Gasteiger partial charge in [0.1, 0.15) is 11.9 Å². The van der Waals surface area contributed by atoms with Crippen LogP contribution in [0, 0.1) is 12.8 Å². The van der Waals surface area contributed by atoms with E-state index in [1.165, 1.54) is 11.8 Å². The summed E-state index contributed by atoms with van der Waals surface area (Å²) >= 11 is 1.23. The van der Waals surface area contributed by atoms with Crippen LogP contribution in [0.15, 0.2) is 53.5 Å². The molecule has 30 heavy (non-hydrogen) atoms. The zero-order valence-electron chi connectivity index (χ0n) is 16.7. The predicted molar refractivity (Wildman–Crippen MR) is 119 cm³/mol. The Morgan fingerprint density at radius 1 is 1.27 bits per heavy atom. The Labute approximate surface area is 179 Å². The number of carbonyl (C=O) groups excluding carboxylic acids is 2. The van der Waals surface area contributed by atoms with Crippen LogP contribution in [0.3, 0.4) is 0 Å². The quantitative estimate of drug-likeness (QED) is 0.679. The number of aryl methyl sites for hydroxylation is 1. The van der Waals surface area contributed by atoms with Gasteiger partial charge in [-0.3, -0.25) is 19.9 Å². The zero-order valence-corrected chi connectivity index (χ0v) is 17.5. The molecular formula is C21H23N5O3S. The van der Waals surface area contributed by atoms with Gasteiger partial charge in [-0.1, -0.05) is 41.6 Å². The fourth-order valence-electron chi connectivity index (χ4n) is 3.36. The first-order valence-electron chi connectivity index (χ1n) is 9.59. The Morgan fingerprint density at radius 3 is 2.80 bits per heavy atom. The number of thioether (sulfide) groups is 1. The van der Waals surface area contributed by atoms with E-state index in [1.807, 2.05) is 43.3 Å². The molecule has 2 amide bonds. The summed E-state index contributed by atoms with van der Waals surface area (Å²) in [5.74, 6) is 0.175. The highest BCUT2D eigenvalue weighted by atomic mass is 32.2. The molecule has 2 aliphatic heterocycles. The molecule has 2 aromatic carbocycles. The van der Waals surface area contributed by atoms with Crippen molar-refractivity contribution in [1.82, 2.24) is 10.9 Å². The fraction of sp³-hybridized carbons (Fsp3) is 0.286. The summed E-state index contributed by atoms with van der Waals surface area (Å²) in [6, 6.07) is 14.9. The summed E-state index contributed by atoms with van der Waals surface area (Å²) in [5, 5.41) is 3.35. The number of rotatable bonds is 5. The number of ether oxygens (including phenoxy) is 1. The van der Waals surface area contributed by atoms with Gasteiger partial charge in [-0.25, -0.2) is 10.4 Å². The van der Waals surface area contributed by atoms with Crippen molar-refractivity contribution < 1.29 is 14.3 Å². The number of aliphatic imine (C=N–C) groups is 1. The third kappa shape index (κ3) is 4.18. The lowest BCUT2D eigenvalue weighted by atomic mass is 10.0. The van der Waals surface area contributed by atoms with E-state index in [0.717, 1.165) is 11.3 Å². The smallest absolute Gasteiger partial charge is 0.241 e. The van der Waals surface area contributed by atoms with Gasteiger partial charge in [0.15, 0.2) is 5.17 Å². The van der Waals surface area contributed by atoms with Crippen LogP contribution in [-0.2, 0) is 9.59 Å². The minimum absolute atomic E-state index is 0.0380. The maximum Gasteiger partial charge on any atom is 0.241 e. The Kier molecular flexibility index (Phi) is 6.03. The van der Waals surface area contributed by atoms with E-state index in [2.05, 4.69) is 16.2 Å². The van der Waals surface area contributed by atoms with Crippen LogP contribution in [0.2, 0.25) is 0 Å². The number of fused-ring (bicyclic) bond motifs is 1. The van der Waals surface area contributed by atoms with Gasteiger partial charge in [-0.05, 0) is 31.2 Å². The molecular weight excluding hydrogens is 402 g/mol. The Hall–Kier alpha value is -2.88. The number of nitrogens with zero attached hydrogens (tertiary/aromatic N) is 2. The number of methoxy groups -OCH3 is 1. The molecule has 4 rings (SSSR count). The number of amidine groups is 1. The topological polar surface area (TPSA) is 95.1 Å². The highest BCUT2D eigenvalue weighted by molar-refractivity contribution is 8.14. The van der Waals surface area contributed by atoms with Crippen molar-refractivity contribution in [2.24, 2.45) is 10.9 Å². The third-order valence-electron chi connectivity index (χ3n) is 4.94. The van der Waals surface area contributed by atoms with Gasteiger partial charge in [0.25, 0.3) is 0 Å². The second-order valence-electron chi connectivity index (χ2n) is 7.03. The lowest BCUT2D eigenvalue weighted by Gasteiger charge is -2.32. The predicted octanol–water partition coefficient (Wildman–Crippen LogP) is 2.13. The molecule has 3 N–H and O–H groups in total. The van der Waals surface area contributed by atoms with Crippen molar-refractivity contribution in [1.29, 1.82) is 0 Å². The Balaban J connectivity index is 1.52.